The van der Waals surface area contributed by atoms with E-state index in [1.165, 1.54) is 72.8 Å². The average molecular weight is 933 g/mol. The van der Waals surface area contributed by atoms with Gasteiger partial charge in [0.05, 0.1) is 22.8 Å². The lowest BCUT2D eigenvalue weighted by atomic mass is 9.75. The fourth-order valence-corrected chi connectivity index (χ4v) is 11.1. The lowest BCUT2D eigenvalue weighted by Gasteiger charge is -2.39. The molecule has 4 aromatic rings. The van der Waals surface area contributed by atoms with Crippen LogP contribution in [0.3, 0.4) is 0 Å². The maximum Gasteiger partial charge on any atom is 0.471 e. The van der Waals surface area contributed by atoms with Crippen LogP contribution in [0.2, 0.25) is 2.82 Å². The Morgan fingerprint density at radius 2 is 1.00 bits per heavy atom. The number of allylic oxidation sites excluding steroid dienone is 2. The van der Waals surface area contributed by atoms with Crippen LogP contribution in [-0.2, 0) is 52.2 Å². The molecule has 0 heterocycles. The van der Waals surface area contributed by atoms with Crippen molar-refractivity contribution in [1.29, 1.82) is 11.0 Å². The molecular weight excluding hydrogens is 895 g/mol. The number of carbonyl (C=O) groups excluding carboxylic acids is 2. The van der Waals surface area contributed by atoms with Gasteiger partial charge in [0, 0.05) is 24.0 Å². The summed E-state index contributed by atoms with van der Waals surface area (Å²) in [5, 5.41) is 10.6. The van der Waals surface area contributed by atoms with Gasteiger partial charge >= 0.3 is 24.2 Å². The van der Waals surface area contributed by atoms with Gasteiger partial charge in [0.25, 0.3) is 20.2 Å². The SMILES string of the molecule is [H]/N=N/C1=C(NC(=O)C(F)(F)F)c2ccccc2C(c2ccc(-c3ccc(C4(S(=O)(=O)O)CC(/N=N/[H])=C(NC(=O)C(F)(F)F)c5ccccc54)c(CCC)c3)cc2CCC)(S(=O)(=O)O)C1. The molecule has 4 aromatic carbocycles. The van der Waals surface area contributed by atoms with Gasteiger partial charge in [0.2, 0.25) is 2.82 Å². The van der Waals surface area contributed by atoms with E-state index in [0.717, 1.165) is 0 Å². The smallest absolute Gasteiger partial charge is 0.316 e. The summed E-state index contributed by atoms with van der Waals surface area (Å²) in [5.41, 5.74) is 3.92. The number of carbonyl (C=O) groups is 2. The van der Waals surface area contributed by atoms with Crippen LogP contribution in [0, 0.1) is 11.0 Å². The highest BCUT2D eigenvalue weighted by Gasteiger charge is 2.55. The molecule has 14 nitrogen and oxygen atoms in total. The highest BCUT2D eigenvalue weighted by molar-refractivity contribution is 7.87. The standard InChI is InChI=1S/C42H38F6N6O8S2/c1-3-9-25-19-23(15-17-29(25)39(63(57,58)59)21-33(53-49)35(51-37(55)41(43,44)45)27-11-5-7-13-31(27)39)24-16-18-30(26(20-24)10-4-2)40(64(60,61)62)22-34(54-50)36(52-38(56)42(46,47)48)28-12-6-8-14-32(28)40/h5-8,11-20,49-50H,3-4,9-10,21-22H2,1-2H3,(H,51,55)(H,52,56)(H,57,58,59)(H,60,61,62)/b53-49+,54-50+. The van der Waals surface area contributed by atoms with E-state index in [2.05, 4.69) is 21.3 Å². The second-order valence-electron chi connectivity index (χ2n) is 15.0. The van der Waals surface area contributed by atoms with E-state index in [0.29, 0.717) is 35.1 Å². The Bertz CT molecular complexity index is 2780. The summed E-state index contributed by atoms with van der Waals surface area (Å²) < 4.78 is 169. The highest BCUT2D eigenvalue weighted by Crippen LogP contribution is 2.53. The maximum absolute atomic E-state index is 13.9. The molecule has 0 saturated heterocycles. The molecule has 0 fully saturated rings. The Morgan fingerprint density at radius 3 is 1.31 bits per heavy atom. The zero-order chi connectivity index (χ0) is 48.6. The minimum atomic E-state index is -5.38. The summed E-state index contributed by atoms with van der Waals surface area (Å²) in [6.45, 7) is 3.54. The maximum atomic E-state index is 13.9. The number of aryl methyl sites for hydroxylation is 2. The largest absolute Gasteiger partial charge is 0.471 e. The van der Waals surface area contributed by atoms with Crippen molar-refractivity contribution in [3.05, 3.63) is 141 Å². The van der Waals surface area contributed by atoms with Crippen molar-refractivity contribution in [2.75, 3.05) is 0 Å². The Balaban J connectivity index is 1.57. The van der Waals surface area contributed by atoms with Gasteiger partial charge in [-0.1, -0.05) is 112 Å². The molecule has 2 atom stereocenters. The summed E-state index contributed by atoms with van der Waals surface area (Å²) >= 11 is 0. The predicted octanol–water partition coefficient (Wildman–Crippen LogP) is 9.08. The Hall–Kier alpha value is -6.10. The summed E-state index contributed by atoms with van der Waals surface area (Å²) in [4.78, 5) is 24.4. The molecule has 2 aliphatic rings. The van der Waals surface area contributed by atoms with E-state index in [1.54, 1.807) is 36.6 Å². The number of rotatable bonds is 13. The molecule has 6 N–H and O–H groups in total. The number of alkyl halides is 6. The topological polar surface area (TPSA) is 239 Å². The highest BCUT2D eigenvalue weighted by atomic mass is 32.2. The Kier molecular flexibility index (Phi) is 11.9. The molecule has 2 amide bonds. The van der Waals surface area contributed by atoms with E-state index in [4.69, 9.17) is 2.82 Å². The molecule has 0 bridgehead atoms. The molecule has 22 heteroatoms. The van der Waals surface area contributed by atoms with Crippen molar-refractivity contribution >= 4 is 43.4 Å². The average Bonchev–Trinajstić information content (AvgIpc) is 3.24. The number of amides is 2. The first-order valence-electron chi connectivity index (χ1n) is 20.1. The number of fused-ring (bicyclic) bond motifs is 2. The first-order valence-corrected chi connectivity index (χ1v) is 22.1. The number of hydrogen-bond donors (Lipinski definition) is 6. The summed E-state index contributed by atoms with van der Waals surface area (Å²) in [6.07, 6.45) is -11.5. The Morgan fingerprint density at radius 1 is 0.641 bits per heavy atom. The third-order valence-electron chi connectivity index (χ3n) is 11.2. The lowest BCUT2D eigenvalue weighted by Crippen LogP contribution is -2.44. The monoisotopic (exact) mass is 932 g/mol. The Labute approximate surface area is 365 Å². The van der Waals surface area contributed by atoms with Crippen LogP contribution < -0.4 is 10.6 Å². The second kappa shape index (κ2) is 17.1. The first-order chi connectivity index (χ1) is 30.9. The van der Waals surface area contributed by atoms with Crippen molar-refractivity contribution in [1.82, 2.24) is 10.6 Å². The van der Waals surface area contributed by atoms with Crippen LogP contribution in [0.4, 0.5) is 26.3 Å². The lowest BCUT2D eigenvalue weighted by molar-refractivity contribution is -0.172. The van der Waals surface area contributed by atoms with Crippen molar-refractivity contribution in [3.63, 3.8) is 0 Å². The van der Waals surface area contributed by atoms with Gasteiger partial charge in [-0.25, -0.2) is 11.0 Å². The van der Waals surface area contributed by atoms with Crippen molar-refractivity contribution in [2.45, 2.75) is 74.2 Å². The summed E-state index contributed by atoms with van der Waals surface area (Å²) in [7, 11) is -10.7. The third-order valence-corrected chi connectivity index (χ3v) is 14.2. The van der Waals surface area contributed by atoms with E-state index in [-0.39, 0.29) is 46.2 Å². The minimum Gasteiger partial charge on any atom is -0.316 e. The molecule has 0 saturated carbocycles. The summed E-state index contributed by atoms with van der Waals surface area (Å²) in [6, 6.07) is 19.3. The van der Waals surface area contributed by atoms with Crippen molar-refractivity contribution < 1.29 is 64.7 Å². The van der Waals surface area contributed by atoms with Gasteiger partial charge in [-0.15, -0.1) is 0 Å². The molecule has 6 rings (SSSR count). The van der Waals surface area contributed by atoms with Crippen LogP contribution >= 0.6 is 0 Å². The van der Waals surface area contributed by atoms with E-state index >= 15 is 0 Å². The van der Waals surface area contributed by atoms with E-state index in [9.17, 15) is 61.9 Å². The van der Waals surface area contributed by atoms with Crippen LogP contribution in [0.5, 0.6) is 0 Å². The summed E-state index contributed by atoms with van der Waals surface area (Å²) in [5.74, 6) is -4.84. The molecule has 64 heavy (non-hydrogen) atoms. The number of hydrogen-bond acceptors (Lipinski definition) is 10. The normalized spacial score (nSPS) is 19.9. The first kappa shape index (κ1) is 44.5. The molecule has 0 aliphatic heterocycles. The molecule has 2 unspecified atom stereocenters. The van der Waals surface area contributed by atoms with Crippen molar-refractivity contribution in [3.8, 4) is 11.1 Å². The minimum absolute atomic E-state index is 0.0345. The van der Waals surface area contributed by atoms with Gasteiger partial charge in [-0.2, -0.15) is 53.4 Å². The van der Waals surface area contributed by atoms with Crippen LogP contribution in [0.1, 0.15) is 84.0 Å². The molecule has 0 aromatic heterocycles. The predicted molar refractivity (Wildman–Crippen MR) is 219 cm³/mol. The molecular formula is C42H38F6N6O8S2. The molecule has 2 aliphatic carbocycles. The fourth-order valence-electron chi connectivity index (χ4n) is 8.58. The third kappa shape index (κ3) is 8.14. The second-order valence-corrected chi connectivity index (χ2v) is 18.3. The van der Waals surface area contributed by atoms with Gasteiger partial charge in [0.1, 0.15) is 0 Å². The molecule has 0 spiro atoms. The molecule has 338 valence electrons. The number of nitrogens with zero attached hydrogens (tertiary/aromatic N) is 2. The van der Waals surface area contributed by atoms with Gasteiger partial charge < -0.3 is 10.6 Å². The fraction of sp³-hybridized carbons (Fsp3) is 0.286. The zero-order valence-electron chi connectivity index (χ0n) is 35.5. The van der Waals surface area contributed by atoms with Crippen LogP contribution in [-0.4, -0.2) is 50.1 Å². The van der Waals surface area contributed by atoms with Crippen LogP contribution in [0.25, 0.3) is 22.5 Å². The van der Waals surface area contributed by atoms with E-state index < -0.39 is 89.5 Å². The molecule has 0 radical (unpaired) electrons. The van der Waals surface area contributed by atoms with Crippen LogP contribution in [0.15, 0.2) is 107 Å². The number of halogens is 6. The van der Waals surface area contributed by atoms with Crippen molar-refractivity contribution in [2.24, 2.45) is 10.2 Å². The number of nitrogens with one attached hydrogen (secondary N) is 4. The zero-order valence-corrected chi connectivity index (χ0v) is 35.2. The number of benzene rings is 4. The van der Waals surface area contributed by atoms with Gasteiger partial charge in [-0.05, 0) is 57.3 Å². The van der Waals surface area contributed by atoms with E-state index in [1.807, 2.05) is 0 Å². The van der Waals surface area contributed by atoms with Gasteiger partial charge in [-0.3, -0.25) is 18.7 Å². The quantitative estimate of drug-likeness (QED) is 0.0428. The van der Waals surface area contributed by atoms with Gasteiger partial charge in [0.15, 0.2) is 9.49 Å².